The molecule has 3 unspecified atom stereocenters. The van der Waals surface area contributed by atoms with E-state index >= 15 is 0 Å². The second-order valence-electron chi connectivity index (χ2n) is 4.61. The summed E-state index contributed by atoms with van der Waals surface area (Å²) in [6.07, 6.45) is 3.04. The zero-order valence-corrected chi connectivity index (χ0v) is 10.1. The quantitative estimate of drug-likeness (QED) is 0.749. The van der Waals surface area contributed by atoms with Crippen LogP contribution in [-0.2, 0) is 0 Å². The lowest BCUT2D eigenvalue weighted by atomic mass is 9.88. The Kier molecular flexibility index (Phi) is 4.10. The minimum Gasteiger partial charge on any atom is -0.314 e. The first kappa shape index (κ1) is 12.5. The summed E-state index contributed by atoms with van der Waals surface area (Å²) in [5.74, 6) is -0.164. The van der Waals surface area contributed by atoms with E-state index in [9.17, 15) is 4.39 Å². The van der Waals surface area contributed by atoms with Crippen LogP contribution in [0.4, 0.5) is 4.39 Å². The lowest BCUT2D eigenvalue weighted by Crippen LogP contribution is -2.38. The predicted octanol–water partition coefficient (Wildman–Crippen LogP) is 1.86. The third-order valence-electron chi connectivity index (χ3n) is 3.39. The highest BCUT2D eigenvalue weighted by atomic mass is 19.1. The van der Waals surface area contributed by atoms with Crippen molar-refractivity contribution in [3.05, 3.63) is 35.6 Å². The van der Waals surface area contributed by atoms with Crippen LogP contribution in [0.3, 0.4) is 0 Å². The molecule has 3 atom stereocenters. The highest BCUT2D eigenvalue weighted by molar-refractivity contribution is 5.26. The molecule has 1 aliphatic heterocycles. The molecule has 0 aliphatic carbocycles. The van der Waals surface area contributed by atoms with Gasteiger partial charge in [-0.2, -0.15) is 0 Å². The first-order chi connectivity index (χ1) is 8.24. The van der Waals surface area contributed by atoms with E-state index in [0.29, 0.717) is 5.56 Å². The minimum atomic E-state index is -0.228. The summed E-state index contributed by atoms with van der Waals surface area (Å²) < 4.78 is 13.8. The second-order valence-corrected chi connectivity index (χ2v) is 4.61. The number of hydrogen-bond donors (Lipinski definition) is 3. The van der Waals surface area contributed by atoms with Crippen molar-refractivity contribution in [3.8, 4) is 0 Å². The van der Waals surface area contributed by atoms with Crippen LogP contribution >= 0.6 is 0 Å². The molecule has 1 fully saturated rings. The van der Waals surface area contributed by atoms with Crippen LogP contribution in [-0.4, -0.2) is 12.2 Å². The average Bonchev–Trinajstić information content (AvgIpc) is 2.69. The van der Waals surface area contributed by atoms with E-state index in [1.807, 2.05) is 12.1 Å². The molecule has 1 aliphatic rings. The molecule has 4 N–H and O–H groups in total. The number of hydrogen-bond acceptors (Lipinski definition) is 3. The molecular weight excluding hydrogens is 217 g/mol. The van der Waals surface area contributed by atoms with Crippen LogP contribution in [0.15, 0.2) is 24.3 Å². The van der Waals surface area contributed by atoms with E-state index in [-0.39, 0.29) is 23.9 Å². The fraction of sp³-hybridized carbons (Fsp3) is 0.538. The maximum Gasteiger partial charge on any atom is 0.126 e. The van der Waals surface area contributed by atoms with E-state index in [1.165, 1.54) is 6.07 Å². The molecule has 0 aromatic heterocycles. The molecule has 0 amide bonds. The lowest BCUT2D eigenvalue weighted by Gasteiger charge is -2.21. The van der Waals surface area contributed by atoms with E-state index in [1.54, 1.807) is 6.07 Å². The molecule has 4 heteroatoms. The van der Waals surface area contributed by atoms with Gasteiger partial charge in [0.15, 0.2) is 0 Å². The number of hydrazine groups is 1. The van der Waals surface area contributed by atoms with Gasteiger partial charge in [0.2, 0.25) is 0 Å². The van der Waals surface area contributed by atoms with Gasteiger partial charge in [0, 0.05) is 12.0 Å². The first-order valence-electron chi connectivity index (χ1n) is 6.25. The van der Waals surface area contributed by atoms with Crippen molar-refractivity contribution in [2.45, 2.75) is 44.3 Å². The molecule has 1 heterocycles. The molecule has 2 rings (SSSR count). The Hall–Kier alpha value is -0.970. The van der Waals surface area contributed by atoms with E-state index in [4.69, 9.17) is 5.73 Å². The van der Waals surface area contributed by atoms with Crippen molar-refractivity contribution >= 4 is 0 Å². The SMILES string of the molecule is CCCCC1NNC(N)C1c1ccccc1F. The third kappa shape index (κ3) is 2.65. The summed E-state index contributed by atoms with van der Waals surface area (Å²) in [5.41, 5.74) is 12.9. The van der Waals surface area contributed by atoms with Gasteiger partial charge in [-0.05, 0) is 18.1 Å². The van der Waals surface area contributed by atoms with Gasteiger partial charge in [-0.25, -0.2) is 9.82 Å². The Morgan fingerprint density at radius 2 is 2.06 bits per heavy atom. The van der Waals surface area contributed by atoms with Crippen molar-refractivity contribution in [2.24, 2.45) is 5.73 Å². The van der Waals surface area contributed by atoms with Crippen LogP contribution in [0, 0.1) is 5.82 Å². The molecule has 0 saturated carbocycles. The smallest absolute Gasteiger partial charge is 0.126 e. The maximum absolute atomic E-state index is 13.8. The summed E-state index contributed by atoms with van der Waals surface area (Å²) in [6, 6.07) is 7.11. The highest BCUT2D eigenvalue weighted by Gasteiger charge is 2.35. The molecule has 17 heavy (non-hydrogen) atoms. The molecule has 3 nitrogen and oxygen atoms in total. The largest absolute Gasteiger partial charge is 0.314 e. The fourth-order valence-electron chi connectivity index (χ4n) is 2.46. The van der Waals surface area contributed by atoms with Gasteiger partial charge in [0.25, 0.3) is 0 Å². The number of unbranched alkanes of at least 4 members (excludes halogenated alkanes) is 1. The van der Waals surface area contributed by atoms with E-state index in [2.05, 4.69) is 17.8 Å². The summed E-state index contributed by atoms with van der Waals surface area (Å²) in [4.78, 5) is 0. The van der Waals surface area contributed by atoms with Gasteiger partial charge in [0.05, 0.1) is 6.17 Å². The summed E-state index contributed by atoms with van der Waals surface area (Å²) in [7, 11) is 0. The summed E-state index contributed by atoms with van der Waals surface area (Å²) in [6.45, 7) is 2.15. The van der Waals surface area contributed by atoms with Gasteiger partial charge >= 0.3 is 0 Å². The molecule has 1 saturated heterocycles. The maximum atomic E-state index is 13.8. The number of benzene rings is 1. The minimum absolute atomic E-state index is 0.00255. The number of nitrogens with two attached hydrogens (primary N) is 1. The lowest BCUT2D eigenvalue weighted by molar-refractivity contribution is 0.459. The normalized spacial score (nSPS) is 28.5. The van der Waals surface area contributed by atoms with Crippen LogP contribution < -0.4 is 16.6 Å². The highest BCUT2D eigenvalue weighted by Crippen LogP contribution is 2.29. The Balaban J connectivity index is 2.18. The van der Waals surface area contributed by atoms with E-state index in [0.717, 1.165) is 19.3 Å². The Morgan fingerprint density at radius 1 is 1.29 bits per heavy atom. The molecule has 0 spiro atoms. The van der Waals surface area contributed by atoms with Crippen LogP contribution in [0.1, 0.15) is 37.7 Å². The van der Waals surface area contributed by atoms with Gasteiger partial charge in [-0.15, -0.1) is 0 Å². The number of rotatable bonds is 4. The van der Waals surface area contributed by atoms with Crippen LogP contribution in [0.25, 0.3) is 0 Å². The monoisotopic (exact) mass is 237 g/mol. The summed E-state index contributed by atoms with van der Waals surface area (Å²) >= 11 is 0. The van der Waals surface area contributed by atoms with Crippen LogP contribution in [0.2, 0.25) is 0 Å². The molecule has 1 aromatic carbocycles. The van der Waals surface area contributed by atoms with Crippen molar-refractivity contribution in [1.82, 2.24) is 10.9 Å². The van der Waals surface area contributed by atoms with Crippen molar-refractivity contribution < 1.29 is 4.39 Å². The molecular formula is C13H20FN3. The predicted molar refractivity (Wildman–Crippen MR) is 66.7 cm³/mol. The standard InChI is InChI=1S/C13H20FN3/c1-2-3-8-11-12(13(15)17-16-11)9-6-4-5-7-10(9)14/h4-7,11-13,16-17H,2-3,8,15H2,1H3. The van der Waals surface area contributed by atoms with Gasteiger partial charge in [-0.3, -0.25) is 5.43 Å². The van der Waals surface area contributed by atoms with Crippen molar-refractivity contribution in [3.63, 3.8) is 0 Å². The summed E-state index contributed by atoms with van der Waals surface area (Å²) in [5, 5.41) is 0. The van der Waals surface area contributed by atoms with Gasteiger partial charge in [0.1, 0.15) is 5.82 Å². The Labute approximate surface area is 102 Å². The topological polar surface area (TPSA) is 50.1 Å². The van der Waals surface area contributed by atoms with E-state index < -0.39 is 0 Å². The zero-order chi connectivity index (χ0) is 12.3. The van der Waals surface area contributed by atoms with Gasteiger partial charge in [-0.1, -0.05) is 38.0 Å². The van der Waals surface area contributed by atoms with Crippen molar-refractivity contribution in [1.29, 1.82) is 0 Å². The molecule has 94 valence electrons. The third-order valence-corrected chi connectivity index (χ3v) is 3.39. The molecule has 0 radical (unpaired) electrons. The first-order valence-corrected chi connectivity index (χ1v) is 6.25. The fourth-order valence-corrected chi connectivity index (χ4v) is 2.46. The second kappa shape index (κ2) is 5.58. The Morgan fingerprint density at radius 3 is 2.76 bits per heavy atom. The Bertz CT molecular complexity index is 369. The van der Waals surface area contributed by atoms with Crippen molar-refractivity contribution in [2.75, 3.05) is 0 Å². The number of halogens is 1. The van der Waals surface area contributed by atoms with Crippen LogP contribution in [0.5, 0.6) is 0 Å². The van der Waals surface area contributed by atoms with Gasteiger partial charge < -0.3 is 5.73 Å². The molecule has 1 aromatic rings. The average molecular weight is 237 g/mol. The zero-order valence-electron chi connectivity index (χ0n) is 10.1. The molecule has 0 bridgehead atoms. The number of nitrogens with one attached hydrogen (secondary N) is 2.